The number of benzene rings is 1. The predicted molar refractivity (Wildman–Crippen MR) is 80.3 cm³/mol. The minimum atomic E-state index is 0.217. The molecule has 19 heavy (non-hydrogen) atoms. The van der Waals surface area contributed by atoms with Crippen LogP contribution in [0.1, 0.15) is 43.3 Å². The van der Waals surface area contributed by atoms with Gasteiger partial charge in [0.15, 0.2) is 0 Å². The second-order valence-electron chi connectivity index (χ2n) is 4.58. The quantitative estimate of drug-likeness (QED) is 0.851. The molecule has 2 rings (SSSR count). The highest BCUT2D eigenvalue weighted by Crippen LogP contribution is 2.21. The van der Waals surface area contributed by atoms with Gasteiger partial charge in [-0.15, -0.1) is 0 Å². The van der Waals surface area contributed by atoms with Crippen LogP contribution >= 0.6 is 11.5 Å². The van der Waals surface area contributed by atoms with Crippen molar-refractivity contribution >= 4 is 16.7 Å². The van der Waals surface area contributed by atoms with Crippen LogP contribution in [0.4, 0.5) is 5.13 Å². The topological polar surface area (TPSA) is 63.8 Å². The van der Waals surface area contributed by atoms with Gasteiger partial charge in [0.1, 0.15) is 5.82 Å². The Morgan fingerprint density at radius 3 is 2.68 bits per heavy atom. The average Bonchev–Trinajstić information content (AvgIpc) is 2.86. The Morgan fingerprint density at radius 2 is 2.05 bits per heavy atom. The first-order valence-electron chi connectivity index (χ1n) is 6.61. The van der Waals surface area contributed by atoms with Gasteiger partial charge in [-0.05, 0) is 24.5 Å². The third-order valence-corrected chi connectivity index (χ3v) is 3.68. The van der Waals surface area contributed by atoms with Crippen LogP contribution in [-0.2, 0) is 13.0 Å². The number of anilines is 1. The molecule has 2 aromatic rings. The highest BCUT2D eigenvalue weighted by Gasteiger charge is 2.09. The number of nitrogens with two attached hydrogens (primary N) is 1. The Kier molecular flexibility index (Phi) is 4.87. The van der Waals surface area contributed by atoms with Crippen LogP contribution in [0, 0.1) is 0 Å². The van der Waals surface area contributed by atoms with Crippen molar-refractivity contribution in [2.24, 2.45) is 5.73 Å². The maximum absolute atomic E-state index is 5.60. The summed E-state index contributed by atoms with van der Waals surface area (Å²) in [6, 6.07) is 8.56. The molecule has 4 nitrogen and oxygen atoms in total. The number of nitrogens with zero attached hydrogens (tertiary/aromatic N) is 2. The summed E-state index contributed by atoms with van der Waals surface area (Å²) in [5, 5.41) is 4.28. The molecule has 0 radical (unpaired) electrons. The van der Waals surface area contributed by atoms with E-state index in [4.69, 9.17) is 5.73 Å². The molecular weight excluding hydrogens is 256 g/mol. The molecule has 0 fully saturated rings. The SMILES string of the molecule is CCCc1nsc(NC(C)c2ccc(CN)cc2)n1. The zero-order chi connectivity index (χ0) is 13.7. The maximum Gasteiger partial charge on any atom is 0.203 e. The summed E-state index contributed by atoms with van der Waals surface area (Å²) >= 11 is 1.43. The lowest BCUT2D eigenvalue weighted by Crippen LogP contribution is -2.07. The molecular formula is C14H20N4S. The molecule has 102 valence electrons. The van der Waals surface area contributed by atoms with Crippen molar-refractivity contribution < 1.29 is 0 Å². The summed E-state index contributed by atoms with van der Waals surface area (Å²) in [4.78, 5) is 4.48. The van der Waals surface area contributed by atoms with Gasteiger partial charge in [0.25, 0.3) is 0 Å². The number of hydrogen-bond donors (Lipinski definition) is 2. The van der Waals surface area contributed by atoms with Crippen molar-refractivity contribution in [3.8, 4) is 0 Å². The zero-order valence-corrected chi connectivity index (χ0v) is 12.2. The second kappa shape index (κ2) is 6.63. The van der Waals surface area contributed by atoms with E-state index in [0.29, 0.717) is 6.54 Å². The van der Waals surface area contributed by atoms with Crippen molar-refractivity contribution in [1.82, 2.24) is 9.36 Å². The minimum Gasteiger partial charge on any atom is -0.354 e. The van der Waals surface area contributed by atoms with E-state index in [9.17, 15) is 0 Å². The standard InChI is InChI=1S/C14H20N4S/c1-3-4-13-17-14(19-18-13)16-10(2)12-7-5-11(9-15)6-8-12/h5-8,10H,3-4,9,15H2,1-2H3,(H,16,17,18). The fraction of sp³-hybridized carbons (Fsp3) is 0.429. The van der Waals surface area contributed by atoms with Crippen LogP contribution in [0.5, 0.6) is 0 Å². The Balaban J connectivity index is 2.00. The van der Waals surface area contributed by atoms with Gasteiger partial charge in [-0.1, -0.05) is 31.2 Å². The fourth-order valence-corrected chi connectivity index (χ4v) is 2.55. The number of hydrogen-bond acceptors (Lipinski definition) is 5. The third kappa shape index (κ3) is 3.75. The van der Waals surface area contributed by atoms with Gasteiger partial charge in [-0.25, -0.2) is 4.98 Å². The smallest absolute Gasteiger partial charge is 0.203 e. The molecule has 1 aromatic carbocycles. The lowest BCUT2D eigenvalue weighted by atomic mass is 10.1. The van der Waals surface area contributed by atoms with Crippen LogP contribution in [0.15, 0.2) is 24.3 Å². The van der Waals surface area contributed by atoms with Gasteiger partial charge >= 0.3 is 0 Å². The second-order valence-corrected chi connectivity index (χ2v) is 5.33. The van der Waals surface area contributed by atoms with Crippen LogP contribution in [0.25, 0.3) is 0 Å². The summed E-state index contributed by atoms with van der Waals surface area (Å²) in [6.45, 7) is 4.84. The fourth-order valence-electron chi connectivity index (χ4n) is 1.85. The average molecular weight is 276 g/mol. The van der Waals surface area contributed by atoms with E-state index in [-0.39, 0.29) is 6.04 Å². The van der Waals surface area contributed by atoms with E-state index in [1.807, 2.05) is 0 Å². The summed E-state index contributed by atoms with van der Waals surface area (Å²) in [6.07, 6.45) is 2.02. The van der Waals surface area contributed by atoms with Gasteiger partial charge in [0, 0.05) is 24.5 Å². The Hall–Kier alpha value is -1.46. The van der Waals surface area contributed by atoms with Gasteiger partial charge in [0.05, 0.1) is 6.04 Å². The van der Waals surface area contributed by atoms with E-state index in [2.05, 4.69) is 52.8 Å². The zero-order valence-electron chi connectivity index (χ0n) is 11.4. The molecule has 0 spiro atoms. The predicted octanol–water partition coefficient (Wildman–Crippen LogP) is 3.12. The Bertz CT molecular complexity index is 506. The van der Waals surface area contributed by atoms with E-state index < -0.39 is 0 Å². The van der Waals surface area contributed by atoms with Crippen molar-refractivity contribution in [2.75, 3.05) is 5.32 Å². The van der Waals surface area contributed by atoms with Crippen LogP contribution < -0.4 is 11.1 Å². The molecule has 3 N–H and O–H groups in total. The van der Waals surface area contributed by atoms with Crippen LogP contribution in [0.3, 0.4) is 0 Å². The van der Waals surface area contributed by atoms with Gasteiger partial charge in [0.2, 0.25) is 5.13 Å². The molecule has 5 heteroatoms. The van der Waals surface area contributed by atoms with E-state index in [1.165, 1.54) is 17.1 Å². The largest absolute Gasteiger partial charge is 0.354 e. The minimum absolute atomic E-state index is 0.217. The van der Waals surface area contributed by atoms with Crippen molar-refractivity contribution in [3.05, 3.63) is 41.2 Å². The number of nitrogens with one attached hydrogen (secondary N) is 1. The number of aromatic nitrogens is 2. The summed E-state index contributed by atoms with van der Waals surface area (Å²) < 4.78 is 4.33. The molecule has 1 unspecified atom stereocenters. The van der Waals surface area contributed by atoms with Crippen LogP contribution in [-0.4, -0.2) is 9.36 Å². The highest BCUT2D eigenvalue weighted by molar-refractivity contribution is 7.09. The summed E-state index contributed by atoms with van der Waals surface area (Å²) in [5.41, 5.74) is 7.97. The molecule has 0 saturated carbocycles. The van der Waals surface area contributed by atoms with E-state index in [1.54, 1.807) is 0 Å². The summed E-state index contributed by atoms with van der Waals surface area (Å²) in [5.74, 6) is 0.931. The monoisotopic (exact) mass is 276 g/mol. The third-order valence-electron chi connectivity index (χ3n) is 3.00. The number of aryl methyl sites for hydroxylation is 1. The lowest BCUT2D eigenvalue weighted by molar-refractivity contribution is 0.847. The normalized spacial score (nSPS) is 12.4. The molecule has 1 atom stereocenters. The van der Waals surface area contributed by atoms with Gasteiger partial charge < -0.3 is 11.1 Å². The molecule has 0 aliphatic rings. The first-order chi connectivity index (χ1) is 9.22. The Morgan fingerprint density at radius 1 is 1.32 bits per heavy atom. The first-order valence-corrected chi connectivity index (χ1v) is 7.38. The molecule has 0 saturated heterocycles. The molecule has 0 bridgehead atoms. The molecule has 0 aliphatic carbocycles. The number of rotatable bonds is 6. The van der Waals surface area contributed by atoms with Gasteiger partial charge in [-0.2, -0.15) is 4.37 Å². The molecule has 0 aliphatic heterocycles. The maximum atomic E-state index is 5.60. The van der Waals surface area contributed by atoms with E-state index >= 15 is 0 Å². The molecule has 0 amide bonds. The highest BCUT2D eigenvalue weighted by atomic mass is 32.1. The molecule has 1 aromatic heterocycles. The molecule has 1 heterocycles. The van der Waals surface area contributed by atoms with Gasteiger partial charge in [-0.3, -0.25) is 0 Å². The van der Waals surface area contributed by atoms with Crippen LogP contribution in [0.2, 0.25) is 0 Å². The Labute approximate surface area is 118 Å². The van der Waals surface area contributed by atoms with Crippen molar-refractivity contribution in [1.29, 1.82) is 0 Å². The summed E-state index contributed by atoms with van der Waals surface area (Å²) in [7, 11) is 0. The van der Waals surface area contributed by atoms with Crippen molar-refractivity contribution in [3.63, 3.8) is 0 Å². The lowest BCUT2D eigenvalue weighted by Gasteiger charge is -2.13. The first kappa shape index (κ1) is 14.0. The van der Waals surface area contributed by atoms with Crippen molar-refractivity contribution in [2.45, 2.75) is 39.3 Å². The van der Waals surface area contributed by atoms with E-state index in [0.717, 1.165) is 29.4 Å².